The average molecular weight is 426 g/mol. The molecule has 0 aliphatic carbocycles. The van der Waals surface area contributed by atoms with Gasteiger partial charge in [0.15, 0.2) is 0 Å². The van der Waals surface area contributed by atoms with Gasteiger partial charge < -0.3 is 9.29 Å². The summed E-state index contributed by atoms with van der Waals surface area (Å²) < 4.78 is 34.0. The zero-order chi connectivity index (χ0) is 20.4. The van der Waals surface area contributed by atoms with Gasteiger partial charge in [0, 0.05) is 5.56 Å². The second-order valence-corrected chi connectivity index (χ2v) is 8.60. The van der Waals surface area contributed by atoms with Crippen LogP contribution in [0.25, 0.3) is 21.3 Å². The summed E-state index contributed by atoms with van der Waals surface area (Å²) in [5, 5.41) is 2.44. The van der Waals surface area contributed by atoms with E-state index >= 15 is 0 Å². The Bertz CT molecular complexity index is 1180. The van der Waals surface area contributed by atoms with Crippen molar-refractivity contribution >= 4 is 45.1 Å². The van der Waals surface area contributed by atoms with Gasteiger partial charge in [0.25, 0.3) is 4.21 Å². The summed E-state index contributed by atoms with van der Waals surface area (Å²) >= 11 is -0.207. The van der Waals surface area contributed by atoms with Gasteiger partial charge in [-0.3, -0.25) is 0 Å². The highest BCUT2D eigenvalue weighted by Gasteiger charge is 2.17. The van der Waals surface area contributed by atoms with E-state index in [1.54, 1.807) is 36.5 Å². The molecule has 1 aromatic heterocycles. The Balaban J connectivity index is 1.52. The number of hydrogen-bond acceptors (Lipinski definition) is 6. The molecule has 1 atom stereocenters. The highest BCUT2D eigenvalue weighted by molar-refractivity contribution is 7.94. The highest BCUT2D eigenvalue weighted by Crippen LogP contribution is 2.30. The Morgan fingerprint density at radius 3 is 2.59 bits per heavy atom. The number of carbonyl (C=O) groups excluding carboxylic acids is 1. The predicted molar refractivity (Wildman–Crippen MR) is 113 cm³/mol. The minimum Gasteiger partial charge on any atom is -0.587 e. The SMILES string of the molecule is COC(=O)c1ccc2cc(N[S+]([O-])c3cnc(-c4ccc(F)cc4)s3)ccc2c1. The number of rotatable bonds is 5. The van der Waals surface area contributed by atoms with Crippen LogP contribution in [0, 0.1) is 5.82 Å². The summed E-state index contributed by atoms with van der Waals surface area (Å²) in [6, 6.07) is 16.8. The molecule has 3 aromatic carbocycles. The lowest BCUT2D eigenvalue weighted by Gasteiger charge is -2.10. The first kappa shape index (κ1) is 19.4. The van der Waals surface area contributed by atoms with E-state index < -0.39 is 17.3 Å². The van der Waals surface area contributed by atoms with Crippen LogP contribution in [0.4, 0.5) is 10.1 Å². The number of thiazole rings is 1. The molecule has 0 aliphatic rings. The molecule has 5 nitrogen and oxygen atoms in total. The van der Waals surface area contributed by atoms with Crippen LogP contribution in [0.2, 0.25) is 0 Å². The fourth-order valence-electron chi connectivity index (χ4n) is 2.78. The third kappa shape index (κ3) is 4.24. The quantitative estimate of drug-likeness (QED) is 0.358. The van der Waals surface area contributed by atoms with Crippen molar-refractivity contribution in [1.82, 2.24) is 4.98 Å². The number of aromatic nitrogens is 1. The Morgan fingerprint density at radius 1 is 1.10 bits per heavy atom. The van der Waals surface area contributed by atoms with Crippen LogP contribution in [-0.2, 0) is 16.1 Å². The fourth-order valence-corrected chi connectivity index (χ4v) is 4.69. The van der Waals surface area contributed by atoms with Gasteiger partial charge in [-0.05, 0) is 59.3 Å². The van der Waals surface area contributed by atoms with E-state index in [2.05, 4.69) is 9.71 Å². The number of halogens is 1. The molecule has 0 aliphatic heterocycles. The molecule has 8 heteroatoms. The molecule has 0 saturated carbocycles. The number of methoxy groups -OCH3 is 1. The first-order valence-corrected chi connectivity index (χ1v) is 10.5. The number of hydrogen-bond donors (Lipinski definition) is 1. The second kappa shape index (κ2) is 8.20. The zero-order valence-electron chi connectivity index (χ0n) is 15.2. The molecule has 0 amide bonds. The third-order valence-electron chi connectivity index (χ3n) is 4.23. The Kier molecular flexibility index (Phi) is 5.48. The number of carbonyl (C=O) groups is 1. The molecule has 0 radical (unpaired) electrons. The van der Waals surface area contributed by atoms with Gasteiger partial charge in [-0.15, -0.1) is 0 Å². The summed E-state index contributed by atoms with van der Waals surface area (Å²) in [6.45, 7) is 0. The molecule has 29 heavy (non-hydrogen) atoms. The number of nitrogens with one attached hydrogen (secondary N) is 1. The fraction of sp³-hybridized carbons (Fsp3) is 0.0476. The highest BCUT2D eigenvalue weighted by atomic mass is 32.2. The lowest BCUT2D eigenvalue weighted by atomic mass is 10.1. The van der Waals surface area contributed by atoms with Crippen LogP contribution >= 0.6 is 11.3 Å². The summed E-state index contributed by atoms with van der Waals surface area (Å²) in [6.07, 6.45) is 1.55. The van der Waals surface area contributed by atoms with Crippen molar-refractivity contribution in [2.45, 2.75) is 4.21 Å². The molecule has 1 N–H and O–H groups in total. The zero-order valence-corrected chi connectivity index (χ0v) is 16.9. The number of anilines is 1. The van der Waals surface area contributed by atoms with E-state index in [4.69, 9.17) is 4.74 Å². The van der Waals surface area contributed by atoms with Crippen molar-refractivity contribution in [2.24, 2.45) is 0 Å². The largest absolute Gasteiger partial charge is 0.587 e. The van der Waals surface area contributed by atoms with Crippen molar-refractivity contribution in [2.75, 3.05) is 11.8 Å². The van der Waals surface area contributed by atoms with Crippen molar-refractivity contribution in [3.8, 4) is 10.6 Å². The van der Waals surface area contributed by atoms with Gasteiger partial charge in [0.05, 0.1) is 24.6 Å². The molecular formula is C21H15FN2O3S2. The van der Waals surface area contributed by atoms with Crippen LogP contribution < -0.4 is 4.72 Å². The topological polar surface area (TPSA) is 74.3 Å². The van der Waals surface area contributed by atoms with Gasteiger partial charge in [0.2, 0.25) is 0 Å². The number of ether oxygens (including phenoxy) is 1. The Morgan fingerprint density at radius 2 is 1.83 bits per heavy atom. The van der Waals surface area contributed by atoms with Gasteiger partial charge in [-0.2, -0.15) is 0 Å². The van der Waals surface area contributed by atoms with Crippen LogP contribution in [0.3, 0.4) is 0 Å². The van der Waals surface area contributed by atoms with Crippen LogP contribution in [0.15, 0.2) is 71.1 Å². The molecule has 4 rings (SSSR count). The monoisotopic (exact) mass is 426 g/mol. The molecule has 0 saturated heterocycles. The summed E-state index contributed by atoms with van der Waals surface area (Å²) in [5.41, 5.74) is 1.92. The average Bonchev–Trinajstić information content (AvgIpc) is 3.23. The van der Waals surface area contributed by atoms with E-state index in [0.717, 1.165) is 16.3 Å². The molecule has 1 heterocycles. The summed E-state index contributed by atoms with van der Waals surface area (Å²) in [7, 11) is 1.34. The lowest BCUT2D eigenvalue weighted by molar-refractivity contribution is 0.0601. The van der Waals surface area contributed by atoms with Crippen molar-refractivity contribution in [1.29, 1.82) is 0 Å². The van der Waals surface area contributed by atoms with E-state index in [9.17, 15) is 13.7 Å². The first-order valence-electron chi connectivity index (χ1n) is 8.56. The Hall–Kier alpha value is -2.94. The number of fused-ring (bicyclic) bond motifs is 1. The van der Waals surface area contributed by atoms with Gasteiger partial charge in [-0.25, -0.2) is 18.9 Å². The third-order valence-corrected chi connectivity index (χ3v) is 6.67. The van der Waals surface area contributed by atoms with Crippen LogP contribution in [-0.4, -0.2) is 22.6 Å². The second-order valence-electron chi connectivity index (χ2n) is 6.13. The van der Waals surface area contributed by atoms with E-state index in [-0.39, 0.29) is 5.82 Å². The molecule has 0 fully saturated rings. The maximum Gasteiger partial charge on any atom is 0.337 e. The van der Waals surface area contributed by atoms with Gasteiger partial charge in [-0.1, -0.05) is 23.5 Å². The molecule has 1 unspecified atom stereocenters. The van der Waals surface area contributed by atoms with Gasteiger partial charge >= 0.3 is 5.97 Å². The van der Waals surface area contributed by atoms with Crippen LogP contribution in [0.1, 0.15) is 10.4 Å². The number of esters is 1. The standard InChI is InChI=1S/C21H15FN2O3S2/c1-27-21(25)16-3-2-15-11-18(9-6-14(15)10-16)24-29(26)19-12-23-20(28-19)13-4-7-17(22)8-5-13/h2-12,24H,1H3. The molecule has 4 aromatic rings. The van der Waals surface area contributed by atoms with E-state index in [1.807, 2.05) is 18.2 Å². The molecule has 146 valence electrons. The molecule has 0 spiro atoms. The maximum atomic E-state index is 13.1. The maximum absolute atomic E-state index is 13.1. The molecule has 0 bridgehead atoms. The van der Waals surface area contributed by atoms with E-state index in [1.165, 1.54) is 30.6 Å². The van der Waals surface area contributed by atoms with Crippen molar-refractivity contribution < 1.29 is 18.5 Å². The summed E-state index contributed by atoms with van der Waals surface area (Å²) in [4.78, 5) is 15.9. The minimum absolute atomic E-state index is 0.314. The number of benzene rings is 3. The number of nitrogens with zero attached hydrogens (tertiary/aromatic N) is 1. The lowest BCUT2D eigenvalue weighted by Crippen LogP contribution is -2.11. The smallest absolute Gasteiger partial charge is 0.337 e. The van der Waals surface area contributed by atoms with Crippen molar-refractivity contribution in [3.05, 3.63) is 78.2 Å². The van der Waals surface area contributed by atoms with E-state index in [0.29, 0.717) is 20.5 Å². The minimum atomic E-state index is -1.49. The first-order chi connectivity index (χ1) is 14.0. The van der Waals surface area contributed by atoms with Gasteiger partial charge in [0.1, 0.15) is 22.2 Å². The summed E-state index contributed by atoms with van der Waals surface area (Å²) in [5.74, 6) is -0.705. The normalized spacial score (nSPS) is 12.0. The predicted octanol–water partition coefficient (Wildman–Crippen LogP) is 5.02. The van der Waals surface area contributed by atoms with Crippen LogP contribution in [0.5, 0.6) is 0 Å². The van der Waals surface area contributed by atoms with Crippen molar-refractivity contribution in [3.63, 3.8) is 0 Å². The Labute approximate surface area is 173 Å². The molecular weight excluding hydrogens is 411 g/mol.